The zero-order valence-electron chi connectivity index (χ0n) is 17.5. The van der Waals surface area contributed by atoms with Gasteiger partial charge >= 0.3 is 17.9 Å². The molecular weight excluding hydrogens is 434 g/mol. The Balaban J connectivity index is 2.00. The van der Waals surface area contributed by atoms with Crippen molar-refractivity contribution in [3.05, 3.63) is 36.2 Å². The number of nitrogens with zero attached hydrogens (tertiary/aromatic N) is 6. The molecule has 3 aromatic rings. The number of azo groups is 1. The maximum atomic E-state index is 11.2. The second-order valence-electron chi connectivity index (χ2n) is 7.03. The summed E-state index contributed by atoms with van der Waals surface area (Å²) in [6.45, 7) is 0.705. The van der Waals surface area contributed by atoms with E-state index in [4.69, 9.17) is 10.8 Å². The number of rotatable bonds is 10. The van der Waals surface area contributed by atoms with Gasteiger partial charge < -0.3 is 26.0 Å². The van der Waals surface area contributed by atoms with E-state index in [1.807, 2.05) is 0 Å². The van der Waals surface area contributed by atoms with Crippen LogP contribution in [0.4, 0.5) is 22.9 Å². The summed E-state index contributed by atoms with van der Waals surface area (Å²) < 4.78 is 1.34. The van der Waals surface area contributed by atoms with E-state index in [0.29, 0.717) is 33.7 Å². The molecule has 0 aliphatic carbocycles. The van der Waals surface area contributed by atoms with Crippen molar-refractivity contribution >= 4 is 51.7 Å². The van der Waals surface area contributed by atoms with Crippen LogP contribution in [0.2, 0.25) is 0 Å². The number of aliphatic carboxylic acids is 3. The molecule has 0 radical (unpaired) electrons. The van der Waals surface area contributed by atoms with E-state index in [9.17, 15) is 24.6 Å². The first kappa shape index (κ1) is 23.1. The van der Waals surface area contributed by atoms with E-state index in [1.165, 1.54) is 21.8 Å². The van der Waals surface area contributed by atoms with Gasteiger partial charge in [-0.3, -0.25) is 19.4 Å². The normalized spacial score (nSPS) is 11.2. The van der Waals surface area contributed by atoms with E-state index < -0.39 is 31.0 Å². The van der Waals surface area contributed by atoms with Gasteiger partial charge in [0.1, 0.15) is 18.9 Å². The number of aryl methyl sites for hydroxylation is 2. The predicted octanol–water partition coefficient (Wildman–Crippen LogP) is 2.19. The van der Waals surface area contributed by atoms with Gasteiger partial charge in [-0.1, -0.05) is 0 Å². The Morgan fingerprint density at radius 3 is 2.39 bits per heavy atom. The summed E-state index contributed by atoms with van der Waals surface area (Å²) in [4.78, 5) is 38.8. The number of benzene rings is 1. The molecule has 33 heavy (non-hydrogen) atoms. The van der Waals surface area contributed by atoms with Crippen molar-refractivity contribution in [1.29, 1.82) is 0 Å². The van der Waals surface area contributed by atoms with Crippen LogP contribution in [0.1, 0.15) is 12.1 Å². The third kappa shape index (κ3) is 5.39. The highest BCUT2D eigenvalue weighted by molar-refractivity contribution is 5.99. The molecule has 13 heteroatoms. The van der Waals surface area contributed by atoms with Crippen molar-refractivity contribution in [3.8, 4) is 0 Å². The summed E-state index contributed by atoms with van der Waals surface area (Å²) in [5.74, 6) is -3.18. The fraction of sp³-hybridized carbons (Fsp3) is 0.250. The van der Waals surface area contributed by atoms with Crippen LogP contribution in [-0.2, 0) is 20.9 Å². The first-order valence-corrected chi connectivity index (χ1v) is 9.70. The first-order chi connectivity index (χ1) is 15.7. The number of carbonyl (C=O) groups is 3. The van der Waals surface area contributed by atoms with Crippen molar-refractivity contribution in [3.63, 3.8) is 0 Å². The maximum absolute atomic E-state index is 11.2. The number of nitrogens with two attached hydrogens (primary N) is 1. The minimum absolute atomic E-state index is 0.0854. The Morgan fingerprint density at radius 1 is 1.06 bits per heavy atom. The molecule has 1 aromatic carbocycles. The van der Waals surface area contributed by atoms with Gasteiger partial charge in [-0.15, -0.1) is 10.2 Å². The summed E-state index contributed by atoms with van der Waals surface area (Å²) in [5, 5.41) is 40.3. The number of anilines is 2. The van der Waals surface area contributed by atoms with E-state index in [0.717, 1.165) is 0 Å². The smallest absolute Gasteiger partial charge is 0.323 e. The van der Waals surface area contributed by atoms with Crippen LogP contribution in [-0.4, -0.2) is 61.1 Å². The van der Waals surface area contributed by atoms with E-state index in [2.05, 4.69) is 20.3 Å². The van der Waals surface area contributed by atoms with Gasteiger partial charge in [0.25, 0.3) is 0 Å². The number of fused-ring (bicyclic) bond motifs is 1. The molecule has 172 valence electrons. The molecule has 2 heterocycles. The fourth-order valence-corrected chi connectivity index (χ4v) is 3.23. The largest absolute Gasteiger partial charge is 0.481 e. The molecule has 5 N–H and O–H groups in total. The third-order valence-corrected chi connectivity index (χ3v) is 4.65. The van der Waals surface area contributed by atoms with Gasteiger partial charge in [-0.2, -0.15) is 5.10 Å². The molecule has 0 amide bonds. The number of pyridine rings is 1. The van der Waals surface area contributed by atoms with Crippen LogP contribution in [0.15, 0.2) is 40.7 Å². The standard InChI is InChI=1S/C20H21N7O6/c1-11-18(20(21)27(25-11)8-6-15(28)29)24-23-13-4-5-14(19-12(13)3-2-7-22-19)26(9-16(30)31)10-17(32)33/h2-5,7H,6,8-10,21H2,1H3,(H,28,29)(H,30,31)(H,32,33). The molecule has 0 spiro atoms. The van der Waals surface area contributed by atoms with Gasteiger partial charge in [0, 0.05) is 11.6 Å². The molecule has 0 atom stereocenters. The monoisotopic (exact) mass is 455 g/mol. The topological polar surface area (TPSA) is 197 Å². The Hall–Kier alpha value is -4.55. The van der Waals surface area contributed by atoms with Gasteiger partial charge in [0.15, 0.2) is 5.69 Å². The number of aromatic nitrogens is 3. The van der Waals surface area contributed by atoms with Crippen molar-refractivity contribution < 1.29 is 29.7 Å². The van der Waals surface area contributed by atoms with E-state index in [1.54, 1.807) is 25.1 Å². The second-order valence-corrected chi connectivity index (χ2v) is 7.03. The second kappa shape index (κ2) is 9.72. The van der Waals surface area contributed by atoms with Crippen LogP contribution in [0.3, 0.4) is 0 Å². The molecule has 13 nitrogen and oxygen atoms in total. The highest BCUT2D eigenvalue weighted by Crippen LogP contribution is 2.35. The number of hydrogen-bond donors (Lipinski definition) is 4. The molecule has 0 fully saturated rings. The van der Waals surface area contributed by atoms with Crippen LogP contribution >= 0.6 is 0 Å². The molecule has 0 bridgehead atoms. The Labute approximate surface area is 186 Å². The number of nitrogen functional groups attached to an aromatic ring is 1. The molecule has 2 aromatic heterocycles. The highest BCUT2D eigenvalue weighted by atomic mass is 16.4. The maximum Gasteiger partial charge on any atom is 0.323 e. The number of hydrogen-bond acceptors (Lipinski definition) is 9. The Morgan fingerprint density at radius 2 is 1.76 bits per heavy atom. The van der Waals surface area contributed by atoms with Crippen LogP contribution in [0, 0.1) is 6.92 Å². The lowest BCUT2D eigenvalue weighted by Crippen LogP contribution is -2.34. The summed E-state index contributed by atoms with van der Waals surface area (Å²) in [6.07, 6.45) is 1.35. The van der Waals surface area contributed by atoms with Gasteiger partial charge in [-0.05, 0) is 31.2 Å². The van der Waals surface area contributed by atoms with Crippen LogP contribution in [0.5, 0.6) is 0 Å². The summed E-state index contributed by atoms with van der Waals surface area (Å²) >= 11 is 0. The predicted molar refractivity (Wildman–Crippen MR) is 117 cm³/mol. The third-order valence-electron chi connectivity index (χ3n) is 4.65. The summed E-state index contributed by atoms with van der Waals surface area (Å²) in [7, 11) is 0. The molecule has 0 unspecified atom stereocenters. The van der Waals surface area contributed by atoms with Crippen LogP contribution < -0.4 is 10.6 Å². The minimum atomic E-state index is -1.19. The molecular formula is C20H21N7O6. The lowest BCUT2D eigenvalue weighted by Gasteiger charge is -2.22. The van der Waals surface area contributed by atoms with E-state index >= 15 is 0 Å². The van der Waals surface area contributed by atoms with Crippen molar-refractivity contribution in [2.45, 2.75) is 19.9 Å². The highest BCUT2D eigenvalue weighted by Gasteiger charge is 2.19. The number of carboxylic acids is 3. The summed E-state index contributed by atoms with van der Waals surface area (Å²) in [5.41, 5.74) is 7.88. The van der Waals surface area contributed by atoms with Crippen molar-refractivity contribution in [2.75, 3.05) is 23.7 Å². The fourth-order valence-electron chi connectivity index (χ4n) is 3.23. The number of carboxylic acid groups (broad SMARTS) is 3. The van der Waals surface area contributed by atoms with Gasteiger partial charge in [0.05, 0.1) is 35.6 Å². The lowest BCUT2D eigenvalue weighted by molar-refractivity contribution is -0.138. The first-order valence-electron chi connectivity index (χ1n) is 9.70. The molecule has 0 saturated heterocycles. The molecule has 0 saturated carbocycles. The van der Waals surface area contributed by atoms with Crippen molar-refractivity contribution in [1.82, 2.24) is 14.8 Å². The molecule has 0 aliphatic rings. The van der Waals surface area contributed by atoms with Crippen LogP contribution in [0.25, 0.3) is 10.9 Å². The van der Waals surface area contributed by atoms with Crippen molar-refractivity contribution in [2.24, 2.45) is 10.2 Å². The Bertz CT molecular complexity index is 1240. The lowest BCUT2D eigenvalue weighted by atomic mass is 10.1. The Kier molecular flexibility index (Phi) is 6.81. The van der Waals surface area contributed by atoms with Gasteiger partial charge in [0.2, 0.25) is 0 Å². The SMILES string of the molecule is Cc1nn(CCC(=O)O)c(N)c1N=Nc1ccc(N(CC(=O)O)CC(=O)O)c2ncccc12. The zero-order valence-corrected chi connectivity index (χ0v) is 17.5. The quantitative estimate of drug-likeness (QED) is 0.329. The zero-order chi connectivity index (χ0) is 24.1. The minimum Gasteiger partial charge on any atom is -0.481 e. The molecule has 3 rings (SSSR count). The average molecular weight is 455 g/mol. The van der Waals surface area contributed by atoms with Gasteiger partial charge in [-0.25, -0.2) is 4.68 Å². The van der Waals surface area contributed by atoms with E-state index in [-0.39, 0.29) is 18.8 Å². The average Bonchev–Trinajstić information content (AvgIpc) is 3.02. The molecule has 0 aliphatic heterocycles. The summed E-state index contributed by atoms with van der Waals surface area (Å²) in [6, 6.07) is 6.46.